The molecule has 5 aromatic rings. The van der Waals surface area contributed by atoms with Gasteiger partial charge in [-0.05, 0) is 58.8 Å². The van der Waals surface area contributed by atoms with E-state index in [-0.39, 0.29) is 5.82 Å². The summed E-state index contributed by atoms with van der Waals surface area (Å²) in [4.78, 5) is 4.79. The predicted octanol–water partition coefficient (Wildman–Crippen LogP) is 7.31. The van der Waals surface area contributed by atoms with Gasteiger partial charge in [0.1, 0.15) is 5.82 Å². The number of rotatable bonds is 4. The van der Waals surface area contributed by atoms with E-state index in [1.165, 1.54) is 33.3 Å². The fraction of sp³-hybridized carbons (Fsp3) is 0.0800. The second-order valence-electron chi connectivity index (χ2n) is 7.05. The van der Waals surface area contributed by atoms with E-state index in [1.807, 2.05) is 0 Å². The Hall–Kier alpha value is -3.42. The lowest BCUT2D eigenvalue weighted by molar-refractivity contribution is 0.628. The van der Waals surface area contributed by atoms with Crippen molar-refractivity contribution in [1.29, 1.82) is 5.26 Å². The first kappa shape index (κ1) is 17.7. The number of aryl methyl sites for hydroxylation is 1. The molecule has 0 radical (unpaired) electrons. The van der Waals surface area contributed by atoms with Crippen molar-refractivity contribution in [3.05, 3.63) is 83.5 Å². The highest BCUT2D eigenvalue weighted by Gasteiger charge is 2.16. The number of aromatic amines is 1. The van der Waals surface area contributed by atoms with Gasteiger partial charge < -0.3 is 4.98 Å². The van der Waals surface area contributed by atoms with Gasteiger partial charge in [-0.15, -0.1) is 11.3 Å². The lowest BCUT2D eigenvalue weighted by atomic mass is 9.94. The Balaban J connectivity index is 1.81. The van der Waals surface area contributed by atoms with Gasteiger partial charge in [0, 0.05) is 38.7 Å². The minimum atomic E-state index is -0.245. The normalized spacial score (nSPS) is 11.2. The number of hydrogen-bond acceptors (Lipinski definition) is 2. The van der Waals surface area contributed by atoms with Gasteiger partial charge in [0.2, 0.25) is 0 Å². The zero-order chi connectivity index (χ0) is 19.8. The van der Waals surface area contributed by atoms with Gasteiger partial charge in [-0.1, -0.05) is 36.4 Å². The highest BCUT2D eigenvalue weighted by molar-refractivity contribution is 7.13. The molecule has 3 aromatic carbocycles. The molecule has 0 aliphatic carbocycles. The topological polar surface area (TPSA) is 39.6 Å². The van der Waals surface area contributed by atoms with Gasteiger partial charge in [0.25, 0.3) is 0 Å². The third-order valence-corrected chi connectivity index (χ3v) is 6.18. The summed E-state index contributed by atoms with van der Waals surface area (Å²) in [6, 6.07) is 23.6. The molecule has 0 fully saturated rings. The maximum atomic E-state index is 13.4. The molecule has 0 saturated heterocycles. The fourth-order valence-corrected chi connectivity index (χ4v) is 4.76. The van der Waals surface area contributed by atoms with Gasteiger partial charge in [-0.3, -0.25) is 0 Å². The van der Waals surface area contributed by atoms with Crippen molar-refractivity contribution < 1.29 is 4.39 Å². The van der Waals surface area contributed by atoms with Crippen molar-refractivity contribution in [2.75, 3.05) is 0 Å². The van der Waals surface area contributed by atoms with Crippen LogP contribution in [-0.4, -0.2) is 4.98 Å². The number of hydrogen-bond donors (Lipinski definition) is 1. The Morgan fingerprint density at radius 1 is 0.897 bits per heavy atom. The van der Waals surface area contributed by atoms with E-state index >= 15 is 0 Å². The Labute approximate surface area is 171 Å². The minimum Gasteiger partial charge on any atom is -0.354 e. The number of nitriles is 1. The molecule has 29 heavy (non-hydrogen) atoms. The molecule has 140 valence electrons. The van der Waals surface area contributed by atoms with Crippen molar-refractivity contribution in [3.63, 3.8) is 0 Å². The van der Waals surface area contributed by atoms with Gasteiger partial charge in [0.05, 0.1) is 6.07 Å². The number of aromatic nitrogens is 1. The molecule has 5 rings (SSSR count). The van der Waals surface area contributed by atoms with Gasteiger partial charge in [-0.25, -0.2) is 4.39 Å². The van der Waals surface area contributed by atoms with Gasteiger partial charge in [-0.2, -0.15) is 5.26 Å². The predicted molar refractivity (Wildman–Crippen MR) is 118 cm³/mol. The molecule has 4 heteroatoms. The van der Waals surface area contributed by atoms with E-state index in [2.05, 4.69) is 58.9 Å². The first-order chi connectivity index (χ1) is 14.2. The molecule has 2 aromatic heterocycles. The molecule has 2 nitrogen and oxygen atoms in total. The van der Waals surface area contributed by atoms with Crippen LogP contribution in [0.25, 0.3) is 43.4 Å². The Kier molecular flexibility index (Phi) is 4.38. The van der Waals surface area contributed by atoms with E-state index in [1.54, 1.807) is 23.5 Å². The summed E-state index contributed by atoms with van der Waals surface area (Å²) in [5.41, 5.74) is 6.45. The number of thiophene rings is 1. The van der Waals surface area contributed by atoms with Crippen LogP contribution in [0, 0.1) is 17.1 Å². The zero-order valence-corrected chi connectivity index (χ0v) is 16.4. The summed E-state index contributed by atoms with van der Waals surface area (Å²) in [5, 5.41) is 13.6. The number of nitrogens with one attached hydrogen (secondary N) is 1. The average Bonchev–Trinajstić information content (AvgIpc) is 3.40. The smallest absolute Gasteiger partial charge is 0.123 e. The summed E-state index contributed by atoms with van der Waals surface area (Å²) in [5.74, 6) is -0.245. The van der Waals surface area contributed by atoms with Crippen LogP contribution in [-0.2, 0) is 6.42 Å². The molecule has 0 unspecified atom stereocenters. The summed E-state index contributed by atoms with van der Waals surface area (Å²) in [6.07, 6.45) is 1.13. The van der Waals surface area contributed by atoms with E-state index in [4.69, 9.17) is 0 Å². The van der Waals surface area contributed by atoms with Crippen molar-refractivity contribution in [2.24, 2.45) is 0 Å². The molecular weight excluding hydrogens is 379 g/mol. The standard InChI is InChI=1S/C25H17FN2S/c26-19-10-8-16(9-11-19)18-14-17(4-2-12-27)24-22(15-18)28-21-6-1-5-20(25(21)24)23-7-3-13-29-23/h1,3,5-11,13-15,28H,2,4H2. The minimum absolute atomic E-state index is 0.245. The van der Waals surface area contributed by atoms with Gasteiger partial charge in [0.15, 0.2) is 0 Å². The zero-order valence-electron chi connectivity index (χ0n) is 15.6. The van der Waals surface area contributed by atoms with E-state index in [0.717, 1.165) is 27.7 Å². The average molecular weight is 396 g/mol. The SMILES string of the molecule is N#CCCc1cc(-c2ccc(F)cc2)cc2[nH]c3cccc(-c4cccs4)c3c12. The number of halogens is 1. The van der Waals surface area contributed by atoms with E-state index < -0.39 is 0 Å². The molecule has 0 bridgehead atoms. The molecule has 1 N–H and O–H groups in total. The van der Waals surface area contributed by atoms with Gasteiger partial charge >= 0.3 is 0 Å². The van der Waals surface area contributed by atoms with Crippen LogP contribution in [0.3, 0.4) is 0 Å². The number of H-pyrrole nitrogens is 1. The van der Waals surface area contributed by atoms with Crippen LogP contribution in [0.15, 0.2) is 72.1 Å². The third-order valence-electron chi connectivity index (χ3n) is 5.27. The van der Waals surface area contributed by atoms with Crippen molar-refractivity contribution in [2.45, 2.75) is 12.8 Å². The molecule has 0 spiro atoms. The maximum Gasteiger partial charge on any atom is 0.123 e. The van der Waals surface area contributed by atoms with E-state index in [9.17, 15) is 9.65 Å². The van der Waals surface area contributed by atoms with Crippen molar-refractivity contribution in [1.82, 2.24) is 4.98 Å². The van der Waals surface area contributed by atoms with E-state index in [0.29, 0.717) is 12.8 Å². The molecular formula is C25H17FN2S. The second-order valence-corrected chi connectivity index (χ2v) is 8.00. The first-order valence-corrected chi connectivity index (χ1v) is 10.4. The Morgan fingerprint density at radius 3 is 2.52 bits per heavy atom. The van der Waals surface area contributed by atoms with Crippen LogP contribution >= 0.6 is 11.3 Å². The fourth-order valence-electron chi connectivity index (χ4n) is 4.00. The molecule has 0 amide bonds. The van der Waals surface area contributed by atoms with Crippen LogP contribution in [0.1, 0.15) is 12.0 Å². The summed E-state index contributed by atoms with van der Waals surface area (Å²) in [6.45, 7) is 0. The summed E-state index contributed by atoms with van der Waals surface area (Å²) >= 11 is 1.73. The molecule has 0 aliphatic heterocycles. The molecule has 2 heterocycles. The van der Waals surface area contributed by atoms with Crippen LogP contribution < -0.4 is 0 Å². The lowest BCUT2D eigenvalue weighted by Crippen LogP contribution is -1.89. The number of fused-ring (bicyclic) bond motifs is 3. The Morgan fingerprint density at radius 2 is 1.76 bits per heavy atom. The summed E-state index contributed by atoms with van der Waals surface area (Å²) < 4.78 is 13.4. The number of nitrogens with zero attached hydrogens (tertiary/aromatic N) is 1. The quantitative estimate of drug-likeness (QED) is 0.340. The van der Waals surface area contributed by atoms with Crippen LogP contribution in [0.5, 0.6) is 0 Å². The first-order valence-electron chi connectivity index (χ1n) is 9.48. The third kappa shape index (κ3) is 3.10. The van der Waals surface area contributed by atoms with Crippen molar-refractivity contribution in [3.8, 4) is 27.6 Å². The second kappa shape index (κ2) is 7.20. The molecule has 0 saturated carbocycles. The molecule has 0 aliphatic rings. The highest BCUT2D eigenvalue weighted by Crippen LogP contribution is 2.40. The van der Waals surface area contributed by atoms with Crippen LogP contribution in [0.4, 0.5) is 4.39 Å². The number of benzene rings is 3. The monoisotopic (exact) mass is 396 g/mol. The Bertz CT molecular complexity index is 1360. The largest absolute Gasteiger partial charge is 0.354 e. The van der Waals surface area contributed by atoms with Crippen LogP contribution in [0.2, 0.25) is 0 Å². The summed E-state index contributed by atoms with van der Waals surface area (Å²) in [7, 11) is 0. The molecule has 0 atom stereocenters. The maximum absolute atomic E-state index is 13.4. The highest BCUT2D eigenvalue weighted by atomic mass is 32.1. The van der Waals surface area contributed by atoms with Crippen molar-refractivity contribution >= 4 is 33.1 Å². The lowest BCUT2D eigenvalue weighted by Gasteiger charge is -2.09.